The summed E-state index contributed by atoms with van der Waals surface area (Å²) in [6.07, 6.45) is 1.14. The number of nitrogens with one attached hydrogen (secondary N) is 1. The molecule has 27 heavy (non-hydrogen) atoms. The molecular weight excluding hydrogens is 364 g/mol. The highest BCUT2D eigenvalue weighted by Crippen LogP contribution is 2.25. The SMILES string of the molecule is Cc1cc(OCC(=O)Nc2ccc(CCC(=O)N(C)C)cc2)cc(C)c1Cl. The summed E-state index contributed by atoms with van der Waals surface area (Å²) >= 11 is 6.13. The van der Waals surface area contributed by atoms with Crippen LogP contribution in [0.15, 0.2) is 36.4 Å². The summed E-state index contributed by atoms with van der Waals surface area (Å²) in [5, 5.41) is 3.51. The first-order valence-corrected chi connectivity index (χ1v) is 9.12. The molecule has 5 nitrogen and oxygen atoms in total. The number of amides is 2. The third-order valence-electron chi connectivity index (χ3n) is 4.14. The van der Waals surface area contributed by atoms with E-state index in [1.807, 2.05) is 50.2 Å². The second-order valence-corrected chi connectivity index (χ2v) is 7.07. The standard InChI is InChI=1S/C21H25ClN2O3/c1-14-11-18(12-15(2)21(14)22)27-13-19(25)23-17-8-5-16(6-9-17)7-10-20(26)24(3)4/h5-6,8-9,11-12H,7,10,13H2,1-4H3,(H,23,25). The fraction of sp³-hybridized carbons (Fsp3) is 0.333. The van der Waals surface area contributed by atoms with Gasteiger partial charge in [0.1, 0.15) is 5.75 Å². The minimum absolute atomic E-state index is 0.0837. The summed E-state index contributed by atoms with van der Waals surface area (Å²) in [5.41, 5.74) is 3.56. The van der Waals surface area contributed by atoms with Crippen LogP contribution in [0.25, 0.3) is 0 Å². The highest BCUT2D eigenvalue weighted by Gasteiger charge is 2.08. The van der Waals surface area contributed by atoms with Gasteiger partial charge < -0.3 is 15.0 Å². The maximum absolute atomic E-state index is 12.1. The quantitative estimate of drug-likeness (QED) is 0.780. The number of carbonyl (C=O) groups excluding carboxylic acids is 2. The number of hydrogen-bond acceptors (Lipinski definition) is 3. The van der Waals surface area contributed by atoms with Crippen molar-refractivity contribution in [3.8, 4) is 5.75 Å². The molecule has 0 unspecified atom stereocenters. The summed E-state index contributed by atoms with van der Waals surface area (Å²) in [4.78, 5) is 25.3. The minimum atomic E-state index is -0.240. The fourth-order valence-corrected chi connectivity index (χ4v) is 2.67. The molecule has 0 heterocycles. The smallest absolute Gasteiger partial charge is 0.262 e. The number of hydrogen-bond donors (Lipinski definition) is 1. The molecule has 2 aromatic rings. The maximum atomic E-state index is 12.1. The van der Waals surface area contributed by atoms with Gasteiger partial charge in [-0.3, -0.25) is 9.59 Å². The average molecular weight is 389 g/mol. The first-order valence-electron chi connectivity index (χ1n) is 8.74. The molecule has 0 aliphatic rings. The van der Waals surface area contributed by atoms with Crippen LogP contribution in [0, 0.1) is 13.8 Å². The van der Waals surface area contributed by atoms with Gasteiger partial charge >= 0.3 is 0 Å². The van der Waals surface area contributed by atoms with Gasteiger partial charge in [-0.2, -0.15) is 0 Å². The Morgan fingerprint density at radius 1 is 1.07 bits per heavy atom. The number of carbonyl (C=O) groups is 2. The molecule has 0 aromatic heterocycles. The molecule has 0 aliphatic carbocycles. The van der Waals surface area contributed by atoms with Gasteiger partial charge in [-0.05, 0) is 61.2 Å². The van der Waals surface area contributed by atoms with Crippen LogP contribution in [0.5, 0.6) is 5.75 Å². The van der Waals surface area contributed by atoms with Crippen LogP contribution in [-0.2, 0) is 16.0 Å². The van der Waals surface area contributed by atoms with Gasteiger partial charge in [-0.1, -0.05) is 23.7 Å². The molecule has 1 N–H and O–H groups in total. The van der Waals surface area contributed by atoms with Crippen molar-refractivity contribution >= 4 is 29.1 Å². The second kappa shape index (κ2) is 9.42. The summed E-state index contributed by atoms with van der Waals surface area (Å²) in [6, 6.07) is 11.1. The van der Waals surface area contributed by atoms with Gasteiger partial charge in [-0.25, -0.2) is 0 Å². The van der Waals surface area contributed by atoms with Gasteiger partial charge in [0.25, 0.3) is 5.91 Å². The maximum Gasteiger partial charge on any atom is 0.262 e. The van der Waals surface area contributed by atoms with E-state index in [0.29, 0.717) is 29.3 Å². The van der Waals surface area contributed by atoms with E-state index >= 15 is 0 Å². The Labute approximate surface area is 165 Å². The van der Waals surface area contributed by atoms with Crippen LogP contribution >= 0.6 is 11.6 Å². The highest BCUT2D eigenvalue weighted by atomic mass is 35.5. The van der Waals surface area contributed by atoms with Crippen molar-refractivity contribution in [2.24, 2.45) is 0 Å². The Kier molecular flexibility index (Phi) is 7.25. The van der Waals surface area contributed by atoms with Crippen molar-refractivity contribution in [1.29, 1.82) is 0 Å². The van der Waals surface area contributed by atoms with Gasteiger partial charge in [0.15, 0.2) is 6.61 Å². The molecule has 0 saturated carbocycles. The van der Waals surface area contributed by atoms with Crippen LogP contribution in [0.1, 0.15) is 23.1 Å². The minimum Gasteiger partial charge on any atom is -0.484 e. The number of benzene rings is 2. The lowest BCUT2D eigenvalue weighted by Gasteiger charge is -2.11. The van der Waals surface area contributed by atoms with E-state index < -0.39 is 0 Å². The highest BCUT2D eigenvalue weighted by molar-refractivity contribution is 6.32. The van der Waals surface area contributed by atoms with E-state index in [4.69, 9.17) is 16.3 Å². The van der Waals surface area contributed by atoms with E-state index in [0.717, 1.165) is 16.7 Å². The first-order chi connectivity index (χ1) is 12.8. The van der Waals surface area contributed by atoms with Gasteiger partial charge in [0, 0.05) is 31.2 Å². The lowest BCUT2D eigenvalue weighted by atomic mass is 10.1. The Morgan fingerprint density at radius 3 is 2.22 bits per heavy atom. The lowest BCUT2D eigenvalue weighted by Crippen LogP contribution is -2.21. The van der Waals surface area contributed by atoms with Crippen molar-refractivity contribution in [2.75, 3.05) is 26.0 Å². The van der Waals surface area contributed by atoms with Crippen LogP contribution < -0.4 is 10.1 Å². The normalized spacial score (nSPS) is 10.4. The van der Waals surface area contributed by atoms with Crippen LogP contribution in [0.4, 0.5) is 5.69 Å². The Morgan fingerprint density at radius 2 is 1.67 bits per heavy atom. The zero-order chi connectivity index (χ0) is 20.0. The summed E-state index contributed by atoms with van der Waals surface area (Å²) in [6.45, 7) is 3.71. The summed E-state index contributed by atoms with van der Waals surface area (Å²) in [7, 11) is 3.49. The Bertz CT molecular complexity index is 794. The van der Waals surface area contributed by atoms with E-state index in [1.165, 1.54) is 0 Å². The van der Waals surface area contributed by atoms with Crippen molar-refractivity contribution in [3.05, 3.63) is 58.1 Å². The zero-order valence-corrected chi connectivity index (χ0v) is 16.9. The average Bonchev–Trinajstić information content (AvgIpc) is 2.63. The Hall–Kier alpha value is -2.53. The second-order valence-electron chi connectivity index (χ2n) is 6.69. The van der Waals surface area contributed by atoms with Crippen molar-refractivity contribution in [3.63, 3.8) is 0 Å². The van der Waals surface area contributed by atoms with Crippen molar-refractivity contribution in [2.45, 2.75) is 26.7 Å². The summed E-state index contributed by atoms with van der Waals surface area (Å²) in [5.74, 6) is 0.471. The molecule has 2 rings (SSSR count). The van der Waals surface area contributed by atoms with E-state index in [-0.39, 0.29) is 18.4 Å². The zero-order valence-electron chi connectivity index (χ0n) is 16.1. The van der Waals surface area contributed by atoms with Crippen molar-refractivity contribution < 1.29 is 14.3 Å². The number of halogens is 1. The topological polar surface area (TPSA) is 58.6 Å². The molecule has 0 bridgehead atoms. The largest absolute Gasteiger partial charge is 0.484 e. The number of anilines is 1. The molecular formula is C21H25ClN2O3. The molecule has 0 saturated heterocycles. The van der Waals surface area contributed by atoms with Gasteiger partial charge in [0.05, 0.1) is 0 Å². The van der Waals surface area contributed by atoms with E-state index in [1.54, 1.807) is 19.0 Å². The molecule has 0 fully saturated rings. The predicted octanol–water partition coefficient (Wildman–Crippen LogP) is 4.00. The van der Waals surface area contributed by atoms with Crippen molar-refractivity contribution in [1.82, 2.24) is 4.90 Å². The number of nitrogens with zero attached hydrogens (tertiary/aromatic N) is 1. The molecule has 6 heteroatoms. The van der Waals surface area contributed by atoms with Crippen LogP contribution in [-0.4, -0.2) is 37.4 Å². The van der Waals surface area contributed by atoms with Gasteiger partial charge in [-0.15, -0.1) is 0 Å². The number of ether oxygens (including phenoxy) is 1. The predicted molar refractivity (Wildman–Crippen MR) is 109 cm³/mol. The molecule has 0 radical (unpaired) electrons. The van der Waals surface area contributed by atoms with E-state index in [2.05, 4.69) is 5.32 Å². The molecule has 2 aromatic carbocycles. The number of aryl methyl sites for hydroxylation is 3. The van der Waals surface area contributed by atoms with Gasteiger partial charge in [0.2, 0.25) is 5.91 Å². The first kappa shape index (κ1) is 20.8. The third-order valence-corrected chi connectivity index (χ3v) is 4.74. The summed E-state index contributed by atoms with van der Waals surface area (Å²) < 4.78 is 5.55. The lowest BCUT2D eigenvalue weighted by molar-refractivity contribution is -0.128. The van der Waals surface area contributed by atoms with Crippen LogP contribution in [0.2, 0.25) is 5.02 Å². The van der Waals surface area contributed by atoms with E-state index in [9.17, 15) is 9.59 Å². The number of rotatable bonds is 7. The van der Waals surface area contributed by atoms with Crippen LogP contribution in [0.3, 0.4) is 0 Å². The third kappa shape index (κ3) is 6.29. The molecule has 2 amide bonds. The Balaban J connectivity index is 1.84. The fourth-order valence-electron chi connectivity index (χ4n) is 2.57. The molecule has 0 atom stereocenters. The molecule has 0 spiro atoms. The monoisotopic (exact) mass is 388 g/mol. The molecule has 144 valence electrons. The molecule has 0 aliphatic heterocycles.